The number of H-pyrrole nitrogens is 1. The van der Waals surface area contributed by atoms with Crippen molar-refractivity contribution < 1.29 is 13.2 Å². The Hall–Kier alpha value is -0.960. The van der Waals surface area contributed by atoms with Gasteiger partial charge in [0.1, 0.15) is 0 Å². The number of nitrogens with one attached hydrogen (secondary N) is 3. The molecule has 1 heterocycles. The molecule has 0 bridgehead atoms. The summed E-state index contributed by atoms with van der Waals surface area (Å²) < 4.78 is 32.4. The Kier molecular flexibility index (Phi) is 6.79. The Labute approximate surface area is 126 Å². The smallest absolute Gasteiger partial charge is 0.260 e. The van der Waals surface area contributed by atoms with Crippen LogP contribution in [0, 0.1) is 6.92 Å². The Morgan fingerprint density at radius 1 is 1.33 bits per heavy atom. The van der Waals surface area contributed by atoms with Gasteiger partial charge in [-0.1, -0.05) is 13.8 Å². The number of aryl methyl sites for hydroxylation is 1. The number of nitrogens with zero attached hydrogens (tertiary/aromatic N) is 1. The van der Waals surface area contributed by atoms with Gasteiger partial charge in [-0.25, -0.2) is 13.1 Å². The highest BCUT2D eigenvalue weighted by Crippen LogP contribution is 2.16. The number of aromatic nitrogens is 2. The summed E-state index contributed by atoms with van der Waals surface area (Å²) in [5.41, 5.74) is 1.43. The highest BCUT2D eigenvalue weighted by Gasteiger charge is 2.25. The predicted octanol–water partition coefficient (Wildman–Crippen LogP) is 0.919. The third-order valence-electron chi connectivity index (χ3n) is 3.09. The van der Waals surface area contributed by atoms with Crippen molar-refractivity contribution in [1.29, 1.82) is 0 Å². The minimum Gasteiger partial charge on any atom is -0.385 e. The molecule has 0 radical (unpaired) electrons. The molecule has 0 aliphatic carbocycles. The van der Waals surface area contributed by atoms with Gasteiger partial charge in [-0.3, -0.25) is 5.10 Å². The number of aromatic amines is 1. The van der Waals surface area contributed by atoms with Crippen molar-refractivity contribution in [3.8, 4) is 0 Å². The fourth-order valence-electron chi connectivity index (χ4n) is 1.84. The molecule has 0 saturated heterocycles. The zero-order valence-corrected chi connectivity index (χ0v) is 14.2. The van der Waals surface area contributed by atoms with Gasteiger partial charge in [0.05, 0.1) is 0 Å². The van der Waals surface area contributed by atoms with Gasteiger partial charge in [0, 0.05) is 43.6 Å². The van der Waals surface area contributed by atoms with Crippen LogP contribution in [0.4, 0.5) is 0 Å². The summed E-state index contributed by atoms with van der Waals surface area (Å²) >= 11 is 0. The second kappa shape index (κ2) is 7.88. The van der Waals surface area contributed by atoms with E-state index in [0.29, 0.717) is 25.1 Å². The Balaban J connectivity index is 2.87. The molecule has 0 aliphatic heterocycles. The van der Waals surface area contributed by atoms with Crippen molar-refractivity contribution in [1.82, 2.24) is 20.2 Å². The second-order valence-corrected chi connectivity index (χ2v) is 7.10. The van der Waals surface area contributed by atoms with Crippen molar-refractivity contribution in [2.75, 3.05) is 13.7 Å². The van der Waals surface area contributed by atoms with E-state index in [0.717, 1.165) is 5.69 Å². The maximum atomic E-state index is 12.4. The fourth-order valence-corrected chi connectivity index (χ4v) is 3.32. The molecule has 1 aromatic rings. The van der Waals surface area contributed by atoms with Gasteiger partial charge in [-0.15, -0.1) is 0 Å². The van der Waals surface area contributed by atoms with Crippen LogP contribution in [0.15, 0.2) is 5.03 Å². The first-order valence-electron chi connectivity index (χ1n) is 7.06. The average Bonchev–Trinajstić information content (AvgIpc) is 2.75. The molecule has 0 saturated carbocycles. The Bertz CT molecular complexity index is 540. The van der Waals surface area contributed by atoms with Crippen molar-refractivity contribution in [3.63, 3.8) is 0 Å². The highest BCUT2D eigenvalue weighted by molar-refractivity contribution is 7.89. The number of hydrogen-bond acceptors (Lipinski definition) is 5. The van der Waals surface area contributed by atoms with E-state index in [2.05, 4.69) is 20.2 Å². The van der Waals surface area contributed by atoms with Gasteiger partial charge in [0.15, 0.2) is 5.03 Å². The maximum absolute atomic E-state index is 12.4. The highest BCUT2D eigenvalue weighted by atomic mass is 32.2. The van der Waals surface area contributed by atoms with E-state index in [9.17, 15) is 8.42 Å². The van der Waals surface area contributed by atoms with Gasteiger partial charge in [0.25, 0.3) is 10.0 Å². The van der Waals surface area contributed by atoms with Crippen LogP contribution in [-0.4, -0.2) is 44.4 Å². The summed E-state index contributed by atoms with van der Waals surface area (Å²) in [6.07, 6.45) is 0.610. The summed E-state index contributed by atoms with van der Waals surface area (Å²) in [4.78, 5) is 0. The normalized spacial score (nSPS) is 13.8. The van der Waals surface area contributed by atoms with Gasteiger partial charge in [-0.2, -0.15) is 5.10 Å². The number of rotatable bonds is 9. The predicted molar refractivity (Wildman–Crippen MR) is 81.6 cm³/mol. The molecular formula is C13H26N4O3S. The van der Waals surface area contributed by atoms with Gasteiger partial charge in [0.2, 0.25) is 0 Å². The lowest BCUT2D eigenvalue weighted by Gasteiger charge is -2.14. The minimum atomic E-state index is -3.64. The van der Waals surface area contributed by atoms with Gasteiger partial charge in [-0.05, 0) is 20.3 Å². The molecule has 0 amide bonds. The standard InChI is InChI=1S/C13H26N4O3S/c1-9(2)14-8-12-11(4)15-16-13(12)21(18,19)17-10(3)6-7-20-5/h9-10,14,17H,6-8H2,1-5H3,(H,15,16). The molecule has 0 aromatic carbocycles. The zero-order chi connectivity index (χ0) is 16.0. The van der Waals surface area contributed by atoms with Crippen LogP contribution in [0.3, 0.4) is 0 Å². The van der Waals surface area contributed by atoms with E-state index in [1.807, 2.05) is 27.7 Å². The summed E-state index contributed by atoms with van der Waals surface area (Å²) in [5.74, 6) is 0. The summed E-state index contributed by atoms with van der Waals surface area (Å²) in [6, 6.07) is 0.0568. The van der Waals surface area contributed by atoms with Crippen LogP contribution in [0.25, 0.3) is 0 Å². The molecule has 0 spiro atoms. The number of ether oxygens (including phenoxy) is 1. The fraction of sp³-hybridized carbons (Fsp3) is 0.769. The monoisotopic (exact) mass is 318 g/mol. The first-order chi connectivity index (χ1) is 9.77. The zero-order valence-electron chi connectivity index (χ0n) is 13.4. The number of hydrogen-bond donors (Lipinski definition) is 3. The molecular weight excluding hydrogens is 292 g/mol. The molecule has 21 heavy (non-hydrogen) atoms. The summed E-state index contributed by atoms with van der Waals surface area (Å²) in [7, 11) is -2.04. The average molecular weight is 318 g/mol. The van der Waals surface area contributed by atoms with E-state index >= 15 is 0 Å². The third kappa shape index (κ3) is 5.39. The van der Waals surface area contributed by atoms with Crippen LogP contribution in [-0.2, 0) is 21.3 Å². The van der Waals surface area contributed by atoms with E-state index in [4.69, 9.17) is 4.74 Å². The van der Waals surface area contributed by atoms with E-state index < -0.39 is 10.0 Å². The van der Waals surface area contributed by atoms with Crippen LogP contribution in [0.5, 0.6) is 0 Å². The van der Waals surface area contributed by atoms with Crippen molar-refractivity contribution in [2.24, 2.45) is 0 Å². The van der Waals surface area contributed by atoms with Gasteiger partial charge >= 0.3 is 0 Å². The molecule has 8 heteroatoms. The first kappa shape index (κ1) is 18.1. The van der Waals surface area contributed by atoms with Crippen LogP contribution >= 0.6 is 0 Å². The number of sulfonamides is 1. The van der Waals surface area contributed by atoms with E-state index in [1.165, 1.54) is 0 Å². The van der Waals surface area contributed by atoms with E-state index in [-0.39, 0.29) is 17.1 Å². The molecule has 0 aliphatic rings. The van der Waals surface area contributed by atoms with Crippen LogP contribution in [0.2, 0.25) is 0 Å². The molecule has 1 atom stereocenters. The minimum absolute atomic E-state index is 0.0671. The largest absolute Gasteiger partial charge is 0.385 e. The van der Waals surface area contributed by atoms with E-state index in [1.54, 1.807) is 7.11 Å². The van der Waals surface area contributed by atoms with Crippen molar-refractivity contribution >= 4 is 10.0 Å². The van der Waals surface area contributed by atoms with Crippen molar-refractivity contribution in [3.05, 3.63) is 11.3 Å². The SMILES string of the molecule is COCCC(C)NS(=O)(=O)c1n[nH]c(C)c1CNC(C)C. The topological polar surface area (TPSA) is 96.1 Å². The lowest BCUT2D eigenvalue weighted by Crippen LogP contribution is -2.34. The molecule has 0 fully saturated rings. The summed E-state index contributed by atoms with van der Waals surface area (Å²) in [6.45, 7) is 8.61. The van der Waals surface area contributed by atoms with Crippen LogP contribution in [0.1, 0.15) is 38.4 Å². The van der Waals surface area contributed by atoms with Gasteiger partial charge < -0.3 is 10.1 Å². The lowest BCUT2D eigenvalue weighted by molar-refractivity contribution is 0.188. The van der Waals surface area contributed by atoms with Crippen molar-refractivity contribution in [2.45, 2.75) is 57.8 Å². The molecule has 7 nitrogen and oxygen atoms in total. The second-order valence-electron chi connectivity index (χ2n) is 5.47. The molecule has 1 rings (SSSR count). The maximum Gasteiger partial charge on any atom is 0.260 e. The summed E-state index contributed by atoms with van der Waals surface area (Å²) in [5, 5.41) is 9.99. The molecule has 1 unspecified atom stereocenters. The van der Waals surface area contributed by atoms with Crippen LogP contribution < -0.4 is 10.0 Å². The Morgan fingerprint density at radius 3 is 2.57 bits per heavy atom. The molecule has 1 aromatic heterocycles. The molecule has 3 N–H and O–H groups in total. The number of methoxy groups -OCH3 is 1. The molecule has 122 valence electrons. The third-order valence-corrected chi connectivity index (χ3v) is 4.65. The first-order valence-corrected chi connectivity index (χ1v) is 8.54. The quantitative estimate of drug-likeness (QED) is 0.629. The lowest BCUT2D eigenvalue weighted by atomic mass is 10.2. The Morgan fingerprint density at radius 2 is 2.00 bits per heavy atom.